The molecule has 0 amide bonds. The maximum Gasteiger partial charge on any atom is 0.306 e. The average Bonchev–Trinajstić information content (AvgIpc) is 3.76. The van der Waals surface area contributed by atoms with Crippen molar-refractivity contribution in [1.82, 2.24) is 34.9 Å². The summed E-state index contributed by atoms with van der Waals surface area (Å²) in [5.74, 6) is 1.23. The Morgan fingerprint density at radius 2 is 1.78 bits per heavy atom. The van der Waals surface area contributed by atoms with E-state index >= 15 is 0 Å². The Balaban J connectivity index is 1.22. The molecule has 13 heteroatoms. The third-order valence-electron chi connectivity index (χ3n) is 7.02. The molecule has 0 aliphatic heterocycles. The van der Waals surface area contributed by atoms with Crippen LogP contribution in [0, 0.1) is 12.8 Å². The number of aliphatic carboxylic acids is 1. The fraction of sp³-hybridized carbons (Fsp3) is 0.321. The van der Waals surface area contributed by atoms with Gasteiger partial charge in [-0.1, -0.05) is 17.3 Å². The number of anilines is 1. The Labute approximate surface area is 244 Å². The van der Waals surface area contributed by atoms with Crippen molar-refractivity contribution in [2.24, 2.45) is 13.0 Å². The zero-order valence-electron chi connectivity index (χ0n) is 22.5. The van der Waals surface area contributed by atoms with E-state index in [0.29, 0.717) is 59.8 Å². The normalized spacial score (nSPS) is 16.9. The van der Waals surface area contributed by atoms with Gasteiger partial charge in [-0.2, -0.15) is 9.97 Å². The molecular formula is C28H28N8O3S2. The molecule has 0 unspecified atom stereocenters. The number of rotatable bonds is 9. The lowest BCUT2D eigenvalue weighted by molar-refractivity contribution is -0.143. The molecule has 0 bridgehead atoms. The Hall–Kier alpha value is -4.23. The Bertz CT molecular complexity index is 1600. The fourth-order valence-electron chi connectivity index (χ4n) is 4.88. The van der Waals surface area contributed by atoms with Crippen molar-refractivity contribution in [2.45, 2.75) is 45.3 Å². The van der Waals surface area contributed by atoms with Gasteiger partial charge in [-0.25, -0.2) is 14.6 Å². The second-order valence-electron chi connectivity index (χ2n) is 9.84. The van der Waals surface area contributed by atoms with Gasteiger partial charge in [-0.3, -0.25) is 4.79 Å². The van der Waals surface area contributed by atoms with Crippen LogP contribution in [0.2, 0.25) is 0 Å². The Kier molecular flexibility index (Phi) is 7.70. The number of hydrogen-bond donors (Lipinski definition) is 2. The van der Waals surface area contributed by atoms with Crippen LogP contribution in [-0.4, -0.2) is 52.1 Å². The van der Waals surface area contributed by atoms with E-state index in [1.807, 2.05) is 61.1 Å². The van der Waals surface area contributed by atoms with Gasteiger partial charge in [0, 0.05) is 7.05 Å². The predicted octanol–water partition coefficient (Wildman–Crippen LogP) is 5.46. The van der Waals surface area contributed by atoms with E-state index < -0.39 is 5.97 Å². The SMILES string of the molecule is Cc1nc(-c2nnn(C)c2CNc2nc(-c3cccs3)nc(-c3cccs3)n2)ccc1O[C@H]1CCC[C@H](C(=O)O)C1. The third-order valence-corrected chi connectivity index (χ3v) is 8.76. The number of carboxylic acid groups (broad SMARTS) is 1. The number of thiophene rings is 2. The summed E-state index contributed by atoms with van der Waals surface area (Å²) < 4.78 is 7.89. The average molecular weight is 589 g/mol. The van der Waals surface area contributed by atoms with Gasteiger partial charge < -0.3 is 15.2 Å². The molecule has 2 atom stereocenters. The standard InChI is InChI=1S/C28H28N8O3S2/c1-16-21(39-18-7-3-6-17(14-18)27(37)38)11-10-19(30-16)24-20(36(2)35-34-24)15-29-28-32-25(22-8-4-12-40-22)31-26(33-28)23-9-5-13-41-23/h4-5,8-13,17-18H,3,6-7,14-15H2,1-2H3,(H,37,38)(H,29,31,32,33)/t17-,18-/m0/s1. The van der Waals surface area contributed by atoms with E-state index in [0.717, 1.165) is 28.3 Å². The molecule has 41 heavy (non-hydrogen) atoms. The number of carbonyl (C=O) groups is 1. The number of hydrogen-bond acceptors (Lipinski definition) is 11. The first kappa shape index (κ1) is 27.0. The number of ether oxygens (including phenoxy) is 1. The third kappa shape index (κ3) is 5.95. The molecule has 5 aromatic rings. The van der Waals surface area contributed by atoms with Gasteiger partial charge in [0.25, 0.3) is 0 Å². The quantitative estimate of drug-likeness (QED) is 0.228. The minimum atomic E-state index is -0.755. The summed E-state index contributed by atoms with van der Waals surface area (Å²) >= 11 is 3.15. The molecule has 0 aromatic carbocycles. The van der Waals surface area contributed by atoms with Crippen LogP contribution in [-0.2, 0) is 18.4 Å². The minimum absolute atomic E-state index is 0.133. The Morgan fingerprint density at radius 1 is 1.05 bits per heavy atom. The van der Waals surface area contributed by atoms with Crippen LogP contribution < -0.4 is 10.1 Å². The van der Waals surface area contributed by atoms with Crippen molar-refractivity contribution in [3.63, 3.8) is 0 Å². The summed E-state index contributed by atoms with van der Waals surface area (Å²) in [6.45, 7) is 2.25. The molecule has 5 aromatic heterocycles. The van der Waals surface area contributed by atoms with Crippen molar-refractivity contribution >= 4 is 34.6 Å². The van der Waals surface area contributed by atoms with Gasteiger partial charge >= 0.3 is 5.97 Å². The molecule has 0 saturated heterocycles. The van der Waals surface area contributed by atoms with Gasteiger partial charge in [0.15, 0.2) is 11.6 Å². The summed E-state index contributed by atoms with van der Waals surface area (Å²) in [6, 6.07) is 11.7. The molecule has 11 nitrogen and oxygen atoms in total. The van der Waals surface area contributed by atoms with Gasteiger partial charge in [0.1, 0.15) is 11.4 Å². The molecule has 2 N–H and O–H groups in total. The maximum atomic E-state index is 11.4. The van der Waals surface area contributed by atoms with E-state index in [2.05, 4.69) is 25.6 Å². The first-order valence-electron chi connectivity index (χ1n) is 13.3. The molecule has 1 saturated carbocycles. The van der Waals surface area contributed by atoms with Crippen LogP contribution in [0.3, 0.4) is 0 Å². The zero-order chi connectivity index (χ0) is 28.3. The largest absolute Gasteiger partial charge is 0.489 e. The first-order chi connectivity index (χ1) is 19.9. The first-order valence-corrected chi connectivity index (χ1v) is 15.0. The van der Waals surface area contributed by atoms with Crippen LogP contribution in [0.5, 0.6) is 5.75 Å². The fourth-order valence-corrected chi connectivity index (χ4v) is 6.20. The van der Waals surface area contributed by atoms with Crippen LogP contribution in [0.25, 0.3) is 32.8 Å². The molecule has 5 heterocycles. The molecule has 210 valence electrons. The number of aryl methyl sites for hydroxylation is 2. The van der Waals surface area contributed by atoms with E-state index in [1.54, 1.807) is 27.4 Å². The van der Waals surface area contributed by atoms with Gasteiger partial charge in [-0.15, -0.1) is 27.8 Å². The van der Waals surface area contributed by atoms with Crippen molar-refractivity contribution in [1.29, 1.82) is 0 Å². The van der Waals surface area contributed by atoms with E-state index in [1.165, 1.54) is 0 Å². The number of pyridine rings is 1. The van der Waals surface area contributed by atoms with Gasteiger partial charge in [0.05, 0.1) is 45.4 Å². The van der Waals surface area contributed by atoms with E-state index in [4.69, 9.17) is 14.7 Å². The lowest BCUT2D eigenvalue weighted by Gasteiger charge is -2.27. The van der Waals surface area contributed by atoms with Gasteiger partial charge in [0.2, 0.25) is 5.95 Å². The number of carboxylic acids is 1. The van der Waals surface area contributed by atoms with Crippen molar-refractivity contribution in [3.8, 4) is 38.5 Å². The maximum absolute atomic E-state index is 11.4. The highest BCUT2D eigenvalue weighted by molar-refractivity contribution is 7.13. The second kappa shape index (κ2) is 11.7. The highest BCUT2D eigenvalue weighted by Gasteiger charge is 2.28. The van der Waals surface area contributed by atoms with Crippen LogP contribution in [0.4, 0.5) is 5.95 Å². The van der Waals surface area contributed by atoms with Crippen molar-refractivity contribution in [2.75, 3.05) is 5.32 Å². The topological polar surface area (TPSA) is 141 Å². The molecule has 1 aliphatic rings. The molecule has 0 radical (unpaired) electrons. The predicted molar refractivity (Wildman–Crippen MR) is 157 cm³/mol. The van der Waals surface area contributed by atoms with E-state index in [-0.39, 0.29) is 12.0 Å². The summed E-state index contributed by atoms with van der Waals surface area (Å²) in [4.78, 5) is 32.2. The second-order valence-corrected chi connectivity index (χ2v) is 11.7. The van der Waals surface area contributed by atoms with E-state index in [9.17, 15) is 9.90 Å². The summed E-state index contributed by atoms with van der Waals surface area (Å²) in [7, 11) is 1.83. The zero-order valence-corrected chi connectivity index (χ0v) is 24.2. The molecular weight excluding hydrogens is 560 g/mol. The monoisotopic (exact) mass is 588 g/mol. The summed E-state index contributed by atoms with van der Waals surface area (Å²) in [5.41, 5.74) is 2.84. The molecule has 0 spiro atoms. The molecule has 6 rings (SSSR count). The smallest absolute Gasteiger partial charge is 0.306 e. The van der Waals surface area contributed by atoms with Crippen LogP contribution in [0.1, 0.15) is 37.1 Å². The van der Waals surface area contributed by atoms with Crippen LogP contribution >= 0.6 is 22.7 Å². The number of aromatic nitrogens is 7. The van der Waals surface area contributed by atoms with Crippen molar-refractivity contribution < 1.29 is 14.6 Å². The minimum Gasteiger partial charge on any atom is -0.489 e. The lowest BCUT2D eigenvalue weighted by Crippen LogP contribution is -2.29. The number of nitrogens with zero attached hydrogens (tertiary/aromatic N) is 7. The highest BCUT2D eigenvalue weighted by Crippen LogP contribution is 2.31. The Morgan fingerprint density at radius 3 is 2.41 bits per heavy atom. The van der Waals surface area contributed by atoms with Crippen molar-refractivity contribution in [3.05, 3.63) is 58.5 Å². The molecule has 1 fully saturated rings. The molecule has 1 aliphatic carbocycles. The highest BCUT2D eigenvalue weighted by atomic mass is 32.1. The summed E-state index contributed by atoms with van der Waals surface area (Å²) in [6.07, 6.45) is 2.75. The lowest BCUT2D eigenvalue weighted by atomic mass is 9.87. The number of nitrogens with one attached hydrogen (secondary N) is 1. The van der Waals surface area contributed by atoms with Gasteiger partial charge in [-0.05, 0) is 67.6 Å². The summed E-state index contributed by atoms with van der Waals surface area (Å²) in [5, 5.41) is 25.4. The van der Waals surface area contributed by atoms with Crippen LogP contribution in [0.15, 0.2) is 47.2 Å².